The van der Waals surface area contributed by atoms with Crippen molar-refractivity contribution in [3.63, 3.8) is 0 Å². The van der Waals surface area contributed by atoms with Gasteiger partial charge in [-0.25, -0.2) is 0 Å². The number of hydrogen-bond donors (Lipinski definition) is 1. The van der Waals surface area contributed by atoms with Crippen molar-refractivity contribution in [1.29, 1.82) is 0 Å². The number of amides is 1. The van der Waals surface area contributed by atoms with Crippen molar-refractivity contribution < 1.29 is 14.3 Å². The zero-order valence-corrected chi connectivity index (χ0v) is 11.2. The number of carbonyl (C=O) groups excluding carboxylic acids is 2. The van der Waals surface area contributed by atoms with Crippen LogP contribution in [0.2, 0.25) is 0 Å². The molecule has 2 N–H and O–H groups in total. The third-order valence-electron chi connectivity index (χ3n) is 2.43. The maximum atomic E-state index is 12.0. The van der Waals surface area contributed by atoms with Crippen LogP contribution in [0.25, 0.3) is 0 Å². The molecule has 0 aliphatic heterocycles. The quantitative estimate of drug-likeness (QED) is 0.676. The van der Waals surface area contributed by atoms with Crippen molar-refractivity contribution >= 4 is 11.9 Å². The van der Waals surface area contributed by atoms with E-state index in [0.717, 1.165) is 6.42 Å². The molecule has 0 heterocycles. The summed E-state index contributed by atoms with van der Waals surface area (Å²) < 4.78 is 4.84. The van der Waals surface area contributed by atoms with Crippen molar-refractivity contribution in [2.75, 3.05) is 13.2 Å². The normalized spacial score (nSPS) is 12.4. The van der Waals surface area contributed by atoms with Crippen LogP contribution in [0.4, 0.5) is 0 Å². The van der Waals surface area contributed by atoms with Gasteiger partial charge in [-0.2, -0.15) is 0 Å². The number of nitrogens with zero attached hydrogens (tertiary/aromatic N) is 1. The van der Waals surface area contributed by atoms with E-state index in [4.69, 9.17) is 10.5 Å². The van der Waals surface area contributed by atoms with Crippen LogP contribution >= 0.6 is 0 Å². The van der Waals surface area contributed by atoms with Gasteiger partial charge in [0.2, 0.25) is 5.91 Å². The Morgan fingerprint density at radius 2 is 1.88 bits per heavy atom. The highest BCUT2D eigenvalue weighted by molar-refractivity contribution is 5.85. The lowest BCUT2D eigenvalue weighted by molar-refractivity contribution is -0.150. The fourth-order valence-corrected chi connectivity index (χ4v) is 1.51. The third kappa shape index (κ3) is 5.68. The highest BCUT2D eigenvalue weighted by Gasteiger charge is 2.25. The second-order valence-corrected chi connectivity index (χ2v) is 4.26. The first-order chi connectivity index (χ1) is 7.93. The van der Waals surface area contributed by atoms with E-state index in [0.29, 0.717) is 13.0 Å². The molecule has 0 aliphatic carbocycles. The van der Waals surface area contributed by atoms with Gasteiger partial charge in [0, 0.05) is 6.04 Å². The summed E-state index contributed by atoms with van der Waals surface area (Å²) in [4.78, 5) is 24.9. The first kappa shape index (κ1) is 15.9. The molecule has 0 spiro atoms. The minimum Gasteiger partial charge on any atom is -0.465 e. The Morgan fingerprint density at radius 3 is 2.29 bits per heavy atom. The first-order valence-corrected chi connectivity index (χ1v) is 6.15. The molecule has 1 unspecified atom stereocenters. The average molecular weight is 244 g/mol. The average Bonchev–Trinajstić information content (AvgIpc) is 2.25. The Hall–Kier alpha value is -1.10. The fraction of sp³-hybridized carbons (Fsp3) is 0.833. The van der Waals surface area contributed by atoms with Gasteiger partial charge in [0.1, 0.15) is 6.54 Å². The van der Waals surface area contributed by atoms with Crippen LogP contribution in [0.1, 0.15) is 40.5 Å². The molecule has 100 valence electrons. The van der Waals surface area contributed by atoms with E-state index in [9.17, 15) is 9.59 Å². The number of hydrogen-bond acceptors (Lipinski definition) is 4. The number of rotatable bonds is 7. The predicted molar refractivity (Wildman–Crippen MR) is 66.4 cm³/mol. The predicted octanol–water partition coefficient (Wildman–Crippen LogP) is 0.914. The molecule has 5 nitrogen and oxygen atoms in total. The van der Waals surface area contributed by atoms with Gasteiger partial charge in [0.25, 0.3) is 0 Å². The maximum absolute atomic E-state index is 12.0. The molecule has 17 heavy (non-hydrogen) atoms. The van der Waals surface area contributed by atoms with E-state index in [1.807, 2.05) is 20.8 Å². The van der Waals surface area contributed by atoms with Crippen molar-refractivity contribution in [2.45, 2.75) is 52.6 Å². The minimum absolute atomic E-state index is 0.0260. The van der Waals surface area contributed by atoms with Gasteiger partial charge in [-0.1, -0.05) is 13.3 Å². The molecular weight excluding hydrogens is 220 g/mol. The molecule has 0 aromatic carbocycles. The second-order valence-electron chi connectivity index (χ2n) is 4.26. The summed E-state index contributed by atoms with van der Waals surface area (Å²) in [5, 5.41) is 0. The molecule has 1 amide bonds. The summed E-state index contributed by atoms with van der Waals surface area (Å²) in [5.74, 6) is -0.576. The molecule has 0 saturated heterocycles. The van der Waals surface area contributed by atoms with Crippen LogP contribution in [-0.4, -0.2) is 42.0 Å². The Labute approximate surface area is 103 Å². The van der Waals surface area contributed by atoms with Crippen LogP contribution in [0, 0.1) is 0 Å². The van der Waals surface area contributed by atoms with Gasteiger partial charge in [-0.15, -0.1) is 0 Å². The highest BCUT2D eigenvalue weighted by Crippen LogP contribution is 2.05. The van der Waals surface area contributed by atoms with Crippen molar-refractivity contribution in [1.82, 2.24) is 4.90 Å². The van der Waals surface area contributed by atoms with E-state index >= 15 is 0 Å². The SMILES string of the molecule is CCCC(N)C(=O)N(CC(=O)OCC)C(C)C. The van der Waals surface area contributed by atoms with E-state index in [1.54, 1.807) is 6.92 Å². The molecule has 0 bridgehead atoms. The van der Waals surface area contributed by atoms with Crippen LogP contribution < -0.4 is 5.73 Å². The maximum Gasteiger partial charge on any atom is 0.325 e. The lowest BCUT2D eigenvalue weighted by Gasteiger charge is -2.28. The van der Waals surface area contributed by atoms with E-state index < -0.39 is 12.0 Å². The zero-order valence-electron chi connectivity index (χ0n) is 11.2. The Morgan fingerprint density at radius 1 is 1.29 bits per heavy atom. The molecule has 0 fully saturated rings. The molecule has 0 saturated carbocycles. The van der Waals surface area contributed by atoms with Gasteiger partial charge < -0.3 is 15.4 Å². The Kier molecular flexibility index (Phi) is 7.54. The fourth-order valence-electron chi connectivity index (χ4n) is 1.51. The molecule has 0 rings (SSSR count). The monoisotopic (exact) mass is 244 g/mol. The molecule has 1 atom stereocenters. The summed E-state index contributed by atoms with van der Waals surface area (Å²) in [6.07, 6.45) is 1.48. The highest BCUT2D eigenvalue weighted by atomic mass is 16.5. The zero-order chi connectivity index (χ0) is 13.4. The van der Waals surface area contributed by atoms with Gasteiger partial charge in [0.05, 0.1) is 12.6 Å². The van der Waals surface area contributed by atoms with Gasteiger partial charge in [-0.05, 0) is 27.2 Å². The standard InChI is InChI=1S/C12H24N2O3/c1-5-7-10(13)12(16)14(9(3)4)8-11(15)17-6-2/h9-10H,5-8,13H2,1-4H3. The van der Waals surface area contributed by atoms with Crippen molar-refractivity contribution in [2.24, 2.45) is 5.73 Å². The second kappa shape index (κ2) is 8.06. The third-order valence-corrected chi connectivity index (χ3v) is 2.43. The molecule has 0 radical (unpaired) electrons. The lowest BCUT2D eigenvalue weighted by Crippen LogP contribution is -2.49. The first-order valence-electron chi connectivity index (χ1n) is 6.15. The topological polar surface area (TPSA) is 72.6 Å². The van der Waals surface area contributed by atoms with Crippen LogP contribution in [0.3, 0.4) is 0 Å². The summed E-state index contributed by atoms with van der Waals surface area (Å²) in [5.41, 5.74) is 5.77. The summed E-state index contributed by atoms with van der Waals surface area (Å²) in [6, 6.07) is -0.591. The van der Waals surface area contributed by atoms with Gasteiger partial charge in [-0.3, -0.25) is 9.59 Å². The van der Waals surface area contributed by atoms with Crippen LogP contribution in [-0.2, 0) is 14.3 Å². The van der Waals surface area contributed by atoms with E-state index in [1.165, 1.54) is 4.90 Å². The van der Waals surface area contributed by atoms with Crippen LogP contribution in [0.15, 0.2) is 0 Å². The largest absolute Gasteiger partial charge is 0.465 e. The summed E-state index contributed by atoms with van der Waals surface area (Å²) >= 11 is 0. The number of esters is 1. The van der Waals surface area contributed by atoms with Gasteiger partial charge in [0.15, 0.2) is 0 Å². The van der Waals surface area contributed by atoms with E-state index in [-0.39, 0.29) is 18.5 Å². The number of carbonyl (C=O) groups is 2. The summed E-state index contributed by atoms with van der Waals surface area (Å²) in [6.45, 7) is 7.72. The molecular formula is C12H24N2O3. The van der Waals surface area contributed by atoms with Gasteiger partial charge >= 0.3 is 5.97 Å². The molecule has 5 heteroatoms. The van der Waals surface area contributed by atoms with E-state index in [2.05, 4.69) is 0 Å². The minimum atomic E-state index is -0.531. The molecule has 0 aromatic heterocycles. The molecule has 0 aliphatic rings. The Bertz CT molecular complexity index is 254. The number of nitrogens with two attached hydrogens (primary N) is 1. The molecule has 0 aromatic rings. The van der Waals surface area contributed by atoms with Crippen LogP contribution in [0.5, 0.6) is 0 Å². The van der Waals surface area contributed by atoms with Crippen molar-refractivity contribution in [3.05, 3.63) is 0 Å². The smallest absolute Gasteiger partial charge is 0.325 e. The Balaban J connectivity index is 4.51. The lowest BCUT2D eigenvalue weighted by atomic mass is 10.1. The van der Waals surface area contributed by atoms with Crippen molar-refractivity contribution in [3.8, 4) is 0 Å². The summed E-state index contributed by atoms with van der Waals surface area (Å²) in [7, 11) is 0. The number of ether oxygens (including phenoxy) is 1.